The molecule has 1 heterocycles. The molecule has 1 saturated carbocycles. The van der Waals surface area contributed by atoms with Crippen LogP contribution in [0.5, 0.6) is 0 Å². The van der Waals surface area contributed by atoms with Crippen molar-refractivity contribution in [3.05, 3.63) is 23.8 Å². The molecule has 0 unspecified atom stereocenters. The highest BCUT2D eigenvalue weighted by Crippen LogP contribution is 2.27. The average Bonchev–Trinajstić information content (AvgIpc) is 3.12. The molecule has 3 rings (SSSR count). The maximum absolute atomic E-state index is 12.0. The Bertz CT molecular complexity index is 720. The minimum absolute atomic E-state index is 0.118. The maximum Gasteiger partial charge on any atom is 0.223 e. The highest BCUT2D eigenvalue weighted by atomic mass is 32.1. The van der Waals surface area contributed by atoms with Gasteiger partial charge in [0.25, 0.3) is 0 Å². The van der Waals surface area contributed by atoms with Crippen LogP contribution in [0.25, 0.3) is 10.2 Å². The number of anilines is 1. The number of hydrogen-bond donors (Lipinski definition) is 2. The number of carbonyl (C=O) groups excluding carboxylic acids is 2. The Morgan fingerprint density at radius 2 is 2.09 bits per heavy atom. The fourth-order valence-electron chi connectivity index (χ4n) is 2.96. The first-order valence-electron chi connectivity index (χ1n) is 8.06. The Labute approximate surface area is 139 Å². The molecule has 1 aromatic carbocycles. The van der Waals surface area contributed by atoms with E-state index in [-0.39, 0.29) is 11.8 Å². The van der Waals surface area contributed by atoms with Crippen LogP contribution in [-0.4, -0.2) is 22.8 Å². The quantitative estimate of drug-likeness (QED) is 0.883. The Hall–Kier alpha value is -1.95. The molecule has 0 atom stereocenters. The van der Waals surface area contributed by atoms with Gasteiger partial charge in [-0.3, -0.25) is 9.59 Å². The summed E-state index contributed by atoms with van der Waals surface area (Å²) in [5.74, 6) is 0.0214. The summed E-state index contributed by atoms with van der Waals surface area (Å²) in [6, 6.07) is 6.39. The fourth-order valence-corrected chi connectivity index (χ4v) is 3.93. The van der Waals surface area contributed by atoms with Crippen molar-refractivity contribution in [2.45, 2.75) is 51.5 Å². The zero-order valence-corrected chi connectivity index (χ0v) is 14.0. The second-order valence-electron chi connectivity index (χ2n) is 6.05. The van der Waals surface area contributed by atoms with Crippen molar-refractivity contribution in [3.63, 3.8) is 0 Å². The van der Waals surface area contributed by atoms with Crippen molar-refractivity contribution in [2.75, 3.05) is 5.32 Å². The Kier molecular flexibility index (Phi) is 4.91. The van der Waals surface area contributed by atoms with E-state index in [9.17, 15) is 9.59 Å². The number of benzene rings is 1. The van der Waals surface area contributed by atoms with Gasteiger partial charge in [0.1, 0.15) is 0 Å². The number of thiazole rings is 1. The van der Waals surface area contributed by atoms with Crippen molar-refractivity contribution in [1.82, 2.24) is 10.3 Å². The monoisotopic (exact) mass is 331 g/mol. The third kappa shape index (κ3) is 4.28. The van der Waals surface area contributed by atoms with Gasteiger partial charge in [-0.2, -0.15) is 0 Å². The molecule has 0 radical (unpaired) electrons. The molecule has 122 valence electrons. The van der Waals surface area contributed by atoms with Crippen LogP contribution in [0.1, 0.15) is 44.6 Å². The van der Waals surface area contributed by atoms with Crippen LogP contribution in [0.15, 0.2) is 18.2 Å². The summed E-state index contributed by atoms with van der Waals surface area (Å²) >= 11 is 1.46. The van der Waals surface area contributed by atoms with Gasteiger partial charge in [-0.1, -0.05) is 30.2 Å². The average molecular weight is 331 g/mol. The molecule has 0 saturated heterocycles. The smallest absolute Gasteiger partial charge is 0.223 e. The zero-order chi connectivity index (χ0) is 16.2. The minimum Gasteiger partial charge on any atom is -0.353 e. The highest BCUT2D eigenvalue weighted by Gasteiger charge is 2.16. The van der Waals surface area contributed by atoms with Crippen LogP contribution in [-0.2, 0) is 16.0 Å². The molecular weight excluding hydrogens is 310 g/mol. The van der Waals surface area contributed by atoms with Crippen molar-refractivity contribution in [1.29, 1.82) is 0 Å². The molecule has 6 heteroatoms. The second kappa shape index (κ2) is 7.08. The van der Waals surface area contributed by atoms with Gasteiger partial charge >= 0.3 is 0 Å². The van der Waals surface area contributed by atoms with Gasteiger partial charge in [-0.15, -0.1) is 0 Å². The molecule has 2 aromatic rings. The van der Waals surface area contributed by atoms with Crippen molar-refractivity contribution in [2.24, 2.45) is 0 Å². The lowest BCUT2D eigenvalue weighted by Gasteiger charge is -2.11. The molecular formula is C17H21N3O2S. The van der Waals surface area contributed by atoms with E-state index in [1.165, 1.54) is 31.1 Å². The molecule has 0 aliphatic heterocycles. The SMILES string of the molecule is CC(=O)Nc1nc2ccc(CCC(=O)NC3CCCC3)cc2s1. The maximum atomic E-state index is 12.0. The zero-order valence-electron chi connectivity index (χ0n) is 13.2. The van der Waals surface area contributed by atoms with Gasteiger partial charge in [0.05, 0.1) is 10.2 Å². The number of aryl methyl sites for hydroxylation is 1. The van der Waals surface area contributed by atoms with Gasteiger partial charge in [0, 0.05) is 19.4 Å². The van der Waals surface area contributed by atoms with Crippen LogP contribution >= 0.6 is 11.3 Å². The van der Waals surface area contributed by atoms with E-state index >= 15 is 0 Å². The van der Waals surface area contributed by atoms with Crippen LogP contribution in [0.4, 0.5) is 5.13 Å². The predicted molar refractivity (Wildman–Crippen MR) is 92.6 cm³/mol. The topological polar surface area (TPSA) is 71.1 Å². The summed E-state index contributed by atoms with van der Waals surface area (Å²) in [4.78, 5) is 27.4. The summed E-state index contributed by atoms with van der Waals surface area (Å²) in [5.41, 5.74) is 2.00. The number of rotatable bonds is 5. The third-order valence-electron chi connectivity index (χ3n) is 4.10. The molecule has 1 fully saturated rings. The van der Waals surface area contributed by atoms with E-state index < -0.39 is 0 Å². The highest BCUT2D eigenvalue weighted by molar-refractivity contribution is 7.22. The summed E-state index contributed by atoms with van der Waals surface area (Å²) in [5, 5.41) is 6.44. The summed E-state index contributed by atoms with van der Waals surface area (Å²) in [6.45, 7) is 1.47. The van der Waals surface area contributed by atoms with Gasteiger partial charge in [0.15, 0.2) is 5.13 Å². The summed E-state index contributed by atoms with van der Waals surface area (Å²) in [6.07, 6.45) is 5.92. The third-order valence-corrected chi connectivity index (χ3v) is 5.03. The van der Waals surface area contributed by atoms with E-state index in [0.29, 0.717) is 17.6 Å². The number of amides is 2. The van der Waals surface area contributed by atoms with Crippen LogP contribution < -0.4 is 10.6 Å². The number of hydrogen-bond acceptors (Lipinski definition) is 4. The molecule has 0 spiro atoms. The van der Waals surface area contributed by atoms with Gasteiger partial charge in [0.2, 0.25) is 11.8 Å². The fraction of sp³-hybridized carbons (Fsp3) is 0.471. The molecule has 2 N–H and O–H groups in total. The normalized spacial score (nSPS) is 15.0. The molecule has 2 amide bonds. The summed E-state index contributed by atoms with van der Waals surface area (Å²) < 4.78 is 1.03. The van der Waals surface area contributed by atoms with Crippen LogP contribution in [0.3, 0.4) is 0 Å². The molecule has 1 aromatic heterocycles. The molecule has 1 aliphatic rings. The summed E-state index contributed by atoms with van der Waals surface area (Å²) in [7, 11) is 0. The van der Waals surface area contributed by atoms with Crippen molar-refractivity contribution < 1.29 is 9.59 Å². The lowest BCUT2D eigenvalue weighted by atomic mass is 10.1. The first kappa shape index (κ1) is 15.9. The number of nitrogens with zero attached hydrogens (tertiary/aromatic N) is 1. The standard InChI is InChI=1S/C17H21N3O2S/c1-11(21)18-17-20-14-8-6-12(10-15(14)23-17)7-9-16(22)19-13-4-2-3-5-13/h6,8,10,13H,2-5,7,9H2,1H3,(H,19,22)(H,18,20,21). The van der Waals surface area contributed by atoms with Crippen molar-refractivity contribution in [3.8, 4) is 0 Å². The van der Waals surface area contributed by atoms with Crippen LogP contribution in [0, 0.1) is 0 Å². The number of aromatic nitrogens is 1. The number of nitrogens with one attached hydrogen (secondary N) is 2. The van der Waals surface area contributed by atoms with Crippen molar-refractivity contribution >= 4 is 38.5 Å². The first-order valence-corrected chi connectivity index (χ1v) is 8.88. The number of fused-ring (bicyclic) bond motifs is 1. The molecule has 0 bridgehead atoms. The molecule has 5 nitrogen and oxygen atoms in total. The van der Waals surface area contributed by atoms with Gasteiger partial charge in [-0.25, -0.2) is 4.98 Å². The van der Waals surface area contributed by atoms with Gasteiger partial charge < -0.3 is 10.6 Å². The lowest BCUT2D eigenvalue weighted by Crippen LogP contribution is -2.32. The van der Waals surface area contributed by atoms with Crippen LogP contribution in [0.2, 0.25) is 0 Å². The van der Waals surface area contributed by atoms with E-state index in [1.807, 2.05) is 12.1 Å². The van der Waals surface area contributed by atoms with E-state index in [1.54, 1.807) is 0 Å². The van der Waals surface area contributed by atoms with E-state index in [2.05, 4.69) is 21.7 Å². The minimum atomic E-state index is -0.118. The van der Waals surface area contributed by atoms with E-state index in [0.717, 1.165) is 35.0 Å². The predicted octanol–water partition coefficient (Wildman–Crippen LogP) is 3.25. The first-order chi connectivity index (χ1) is 11.1. The largest absolute Gasteiger partial charge is 0.353 e. The Morgan fingerprint density at radius 3 is 2.83 bits per heavy atom. The Morgan fingerprint density at radius 1 is 1.30 bits per heavy atom. The second-order valence-corrected chi connectivity index (χ2v) is 7.08. The number of carbonyl (C=O) groups is 2. The van der Waals surface area contributed by atoms with Gasteiger partial charge in [-0.05, 0) is 37.0 Å². The Balaban J connectivity index is 1.59. The molecule has 23 heavy (non-hydrogen) atoms. The van der Waals surface area contributed by atoms with E-state index in [4.69, 9.17) is 0 Å². The molecule has 1 aliphatic carbocycles. The lowest BCUT2D eigenvalue weighted by molar-refractivity contribution is -0.121.